The summed E-state index contributed by atoms with van der Waals surface area (Å²) in [7, 11) is 0. The van der Waals surface area contributed by atoms with E-state index in [1.54, 1.807) is 0 Å². The van der Waals surface area contributed by atoms with Crippen molar-refractivity contribution >= 4 is 5.91 Å². The zero-order valence-corrected chi connectivity index (χ0v) is 11.5. The van der Waals surface area contributed by atoms with Crippen molar-refractivity contribution in [1.29, 1.82) is 0 Å². The Morgan fingerprint density at radius 3 is 2.44 bits per heavy atom. The van der Waals surface area contributed by atoms with Crippen molar-refractivity contribution in [2.75, 3.05) is 26.2 Å². The minimum Gasteiger partial charge on any atom is -0.395 e. The Balaban J connectivity index is 1.94. The summed E-state index contributed by atoms with van der Waals surface area (Å²) in [6.45, 7) is 4.96. The lowest BCUT2D eigenvalue weighted by molar-refractivity contribution is -0.137. The van der Waals surface area contributed by atoms with Crippen LogP contribution in [-0.2, 0) is 4.79 Å². The third-order valence-electron chi connectivity index (χ3n) is 4.41. The molecule has 0 bridgehead atoms. The molecule has 2 fully saturated rings. The van der Waals surface area contributed by atoms with E-state index in [0.29, 0.717) is 0 Å². The molecular weight excluding hydrogens is 228 g/mol. The Morgan fingerprint density at radius 1 is 1.17 bits per heavy atom. The maximum absolute atomic E-state index is 12.5. The summed E-state index contributed by atoms with van der Waals surface area (Å²) in [6, 6.07) is 0.124. The number of amides is 1. The molecule has 0 aromatic heterocycles. The molecule has 2 heterocycles. The highest BCUT2D eigenvalue weighted by Crippen LogP contribution is 2.21. The second kappa shape index (κ2) is 6.53. The van der Waals surface area contributed by atoms with Crippen molar-refractivity contribution in [2.45, 2.75) is 57.5 Å². The van der Waals surface area contributed by atoms with E-state index in [9.17, 15) is 9.90 Å². The minimum atomic E-state index is -0.0669. The summed E-state index contributed by atoms with van der Waals surface area (Å²) in [5.41, 5.74) is 0. The first-order chi connectivity index (χ1) is 8.74. The molecule has 0 aromatic carbocycles. The molecule has 1 amide bonds. The van der Waals surface area contributed by atoms with Crippen LogP contribution in [0.2, 0.25) is 0 Å². The number of hydrogen-bond acceptors (Lipinski definition) is 3. The highest BCUT2D eigenvalue weighted by molar-refractivity contribution is 5.81. The second-order valence-electron chi connectivity index (χ2n) is 5.63. The van der Waals surface area contributed by atoms with Gasteiger partial charge in [0.2, 0.25) is 5.91 Å². The van der Waals surface area contributed by atoms with Crippen LogP contribution >= 0.6 is 0 Å². The Bertz CT molecular complexity index is 275. The number of aliphatic hydroxyl groups excluding tert-OH is 1. The molecule has 18 heavy (non-hydrogen) atoms. The Kier molecular flexibility index (Phi) is 5.01. The van der Waals surface area contributed by atoms with Crippen LogP contribution < -0.4 is 0 Å². The van der Waals surface area contributed by atoms with E-state index in [1.807, 2.05) is 11.8 Å². The van der Waals surface area contributed by atoms with E-state index in [1.165, 1.54) is 12.8 Å². The Hall–Kier alpha value is -0.610. The number of nitrogens with zero attached hydrogens (tertiary/aromatic N) is 2. The molecule has 1 unspecified atom stereocenters. The molecule has 2 rings (SSSR count). The lowest BCUT2D eigenvalue weighted by Gasteiger charge is -2.32. The topological polar surface area (TPSA) is 43.8 Å². The molecular formula is C14H26N2O2. The minimum absolute atomic E-state index is 0.0669. The van der Waals surface area contributed by atoms with Gasteiger partial charge in [-0.25, -0.2) is 0 Å². The summed E-state index contributed by atoms with van der Waals surface area (Å²) in [4.78, 5) is 16.7. The summed E-state index contributed by atoms with van der Waals surface area (Å²) in [5, 5.41) is 9.36. The SMILES string of the molecule is CC(C(=O)N1CCCCCC1)N1CCC[C@H]1CO. The highest BCUT2D eigenvalue weighted by atomic mass is 16.3. The number of carbonyl (C=O) groups excluding carboxylic acids is 1. The van der Waals surface area contributed by atoms with Crippen LogP contribution in [0.3, 0.4) is 0 Å². The fraction of sp³-hybridized carbons (Fsp3) is 0.929. The number of aliphatic hydroxyl groups is 1. The molecule has 2 atom stereocenters. The van der Waals surface area contributed by atoms with E-state index in [4.69, 9.17) is 0 Å². The summed E-state index contributed by atoms with van der Waals surface area (Å²) < 4.78 is 0. The van der Waals surface area contributed by atoms with Gasteiger partial charge in [0.1, 0.15) is 0 Å². The molecule has 2 saturated heterocycles. The van der Waals surface area contributed by atoms with Gasteiger partial charge in [-0.3, -0.25) is 9.69 Å². The maximum atomic E-state index is 12.5. The van der Waals surface area contributed by atoms with Crippen LogP contribution in [0.5, 0.6) is 0 Å². The van der Waals surface area contributed by atoms with Crippen LogP contribution in [0.4, 0.5) is 0 Å². The van der Waals surface area contributed by atoms with Gasteiger partial charge in [-0.2, -0.15) is 0 Å². The van der Waals surface area contributed by atoms with Crippen molar-refractivity contribution in [3.63, 3.8) is 0 Å². The highest BCUT2D eigenvalue weighted by Gasteiger charge is 2.33. The largest absolute Gasteiger partial charge is 0.395 e. The van der Waals surface area contributed by atoms with Gasteiger partial charge in [0.05, 0.1) is 12.6 Å². The standard InChI is InChI=1S/C14H26N2O2/c1-12(16-10-6-7-13(16)11-17)14(18)15-8-4-2-3-5-9-15/h12-13,17H,2-11H2,1H3/t12?,13-/m0/s1. The first kappa shape index (κ1) is 13.8. The zero-order chi connectivity index (χ0) is 13.0. The van der Waals surface area contributed by atoms with Gasteiger partial charge in [-0.05, 0) is 39.2 Å². The quantitative estimate of drug-likeness (QED) is 0.824. The average Bonchev–Trinajstić information content (AvgIpc) is 2.70. The van der Waals surface area contributed by atoms with E-state index < -0.39 is 0 Å². The second-order valence-corrected chi connectivity index (χ2v) is 5.63. The van der Waals surface area contributed by atoms with Gasteiger partial charge < -0.3 is 10.0 Å². The van der Waals surface area contributed by atoms with Crippen LogP contribution in [0.25, 0.3) is 0 Å². The summed E-state index contributed by atoms with van der Waals surface area (Å²) in [6.07, 6.45) is 6.91. The molecule has 2 aliphatic heterocycles. The smallest absolute Gasteiger partial charge is 0.239 e. The molecule has 4 heteroatoms. The van der Waals surface area contributed by atoms with Gasteiger partial charge in [0.25, 0.3) is 0 Å². The molecule has 0 saturated carbocycles. The number of likely N-dealkylation sites (tertiary alicyclic amines) is 2. The van der Waals surface area contributed by atoms with Crippen molar-refractivity contribution in [3.05, 3.63) is 0 Å². The van der Waals surface area contributed by atoms with Gasteiger partial charge in [0, 0.05) is 19.1 Å². The van der Waals surface area contributed by atoms with Crippen molar-refractivity contribution in [1.82, 2.24) is 9.80 Å². The van der Waals surface area contributed by atoms with Gasteiger partial charge in [0.15, 0.2) is 0 Å². The van der Waals surface area contributed by atoms with Crippen molar-refractivity contribution in [2.24, 2.45) is 0 Å². The molecule has 4 nitrogen and oxygen atoms in total. The zero-order valence-electron chi connectivity index (χ0n) is 11.5. The van der Waals surface area contributed by atoms with Crippen molar-refractivity contribution < 1.29 is 9.90 Å². The fourth-order valence-electron chi connectivity index (χ4n) is 3.26. The third kappa shape index (κ3) is 3.04. The lowest BCUT2D eigenvalue weighted by Crippen LogP contribution is -2.49. The predicted octanol–water partition coefficient (Wildman–Crippen LogP) is 1.23. The molecule has 0 aliphatic carbocycles. The van der Waals surface area contributed by atoms with Crippen LogP contribution in [0.1, 0.15) is 45.4 Å². The van der Waals surface area contributed by atoms with E-state index in [0.717, 1.165) is 45.3 Å². The van der Waals surface area contributed by atoms with Crippen LogP contribution in [0.15, 0.2) is 0 Å². The van der Waals surface area contributed by atoms with E-state index in [-0.39, 0.29) is 24.6 Å². The lowest BCUT2D eigenvalue weighted by atomic mass is 10.2. The molecule has 0 aromatic rings. The molecule has 1 N–H and O–H groups in total. The van der Waals surface area contributed by atoms with Gasteiger partial charge in [-0.1, -0.05) is 12.8 Å². The average molecular weight is 254 g/mol. The maximum Gasteiger partial charge on any atom is 0.239 e. The molecule has 0 spiro atoms. The van der Waals surface area contributed by atoms with Gasteiger partial charge in [-0.15, -0.1) is 0 Å². The van der Waals surface area contributed by atoms with Crippen LogP contribution in [-0.4, -0.2) is 59.1 Å². The van der Waals surface area contributed by atoms with E-state index >= 15 is 0 Å². The summed E-state index contributed by atoms with van der Waals surface area (Å²) in [5.74, 6) is 0.261. The Morgan fingerprint density at radius 2 is 1.83 bits per heavy atom. The normalized spacial score (nSPS) is 28.1. The van der Waals surface area contributed by atoms with Gasteiger partial charge >= 0.3 is 0 Å². The molecule has 0 radical (unpaired) electrons. The third-order valence-corrected chi connectivity index (χ3v) is 4.41. The number of hydrogen-bond donors (Lipinski definition) is 1. The molecule has 2 aliphatic rings. The molecule has 104 valence electrons. The first-order valence-electron chi connectivity index (χ1n) is 7.39. The summed E-state index contributed by atoms with van der Waals surface area (Å²) >= 11 is 0. The van der Waals surface area contributed by atoms with Crippen molar-refractivity contribution in [3.8, 4) is 0 Å². The fourth-order valence-corrected chi connectivity index (χ4v) is 3.26. The number of rotatable bonds is 3. The predicted molar refractivity (Wildman–Crippen MR) is 71.3 cm³/mol. The monoisotopic (exact) mass is 254 g/mol. The first-order valence-corrected chi connectivity index (χ1v) is 7.39. The Labute approximate surface area is 110 Å². The number of carbonyl (C=O) groups is 1. The van der Waals surface area contributed by atoms with Crippen LogP contribution in [0, 0.1) is 0 Å². The van der Waals surface area contributed by atoms with E-state index in [2.05, 4.69) is 4.90 Å².